The monoisotopic (exact) mass is 135 g/mol. The molecule has 0 spiro atoms. The molecule has 3 N–H and O–H groups in total. The lowest BCUT2D eigenvalue weighted by molar-refractivity contribution is 0.171. The van der Waals surface area contributed by atoms with Crippen LogP contribution in [0.25, 0.3) is 0 Å². The Labute approximate surface area is 54.5 Å². The van der Waals surface area contributed by atoms with E-state index in [1.807, 2.05) is 6.26 Å². The largest absolute Gasteiger partial charge is 0.379 e. The van der Waals surface area contributed by atoms with E-state index in [1.54, 1.807) is 11.8 Å². The van der Waals surface area contributed by atoms with Gasteiger partial charge in [-0.1, -0.05) is 0 Å². The van der Waals surface area contributed by atoms with Gasteiger partial charge in [-0.25, -0.2) is 0 Å². The minimum Gasteiger partial charge on any atom is -0.379 e. The van der Waals surface area contributed by atoms with Crippen LogP contribution in [0.3, 0.4) is 0 Å². The van der Waals surface area contributed by atoms with E-state index in [4.69, 9.17) is 10.8 Å². The van der Waals surface area contributed by atoms with Gasteiger partial charge in [-0.05, 0) is 24.9 Å². The number of rotatable bonds is 4. The average Bonchev–Trinajstić information content (AvgIpc) is 1.66. The predicted octanol–water partition coefficient (Wildman–Crippen LogP) is 0.407. The summed E-state index contributed by atoms with van der Waals surface area (Å²) < 4.78 is 0. The Morgan fingerprint density at radius 2 is 2.38 bits per heavy atom. The van der Waals surface area contributed by atoms with Crippen LogP contribution in [0.1, 0.15) is 12.8 Å². The Bertz CT molecular complexity index is 49.7. The minimum absolute atomic E-state index is 0.609. The zero-order valence-corrected chi connectivity index (χ0v) is 5.95. The number of hydrogen-bond acceptors (Lipinski definition) is 3. The number of thioether (sulfide) groups is 1. The predicted molar refractivity (Wildman–Crippen MR) is 37.8 cm³/mol. The van der Waals surface area contributed by atoms with Gasteiger partial charge in [0.05, 0.1) is 0 Å². The lowest BCUT2D eigenvalue weighted by Gasteiger charge is -2.00. The van der Waals surface area contributed by atoms with Crippen molar-refractivity contribution in [3.63, 3.8) is 0 Å². The van der Waals surface area contributed by atoms with E-state index >= 15 is 0 Å². The zero-order chi connectivity index (χ0) is 6.41. The summed E-state index contributed by atoms with van der Waals surface area (Å²) in [5.41, 5.74) is 5.08. The highest BCUT2D eigenvalue weighted by Gasteiger charge is 1.92. The van der Waals surface area contributed by atoms with Gasteiger partial charge in [-0.3, -0.25) is 0 Å². The number of nitrogens with two attached hydrogens (primary N) is 1. The normalized spacial score (nSPS) is 13.9. The van der Waals surface area contributed by atoms with Gasteiger partial charge in [0, 0.05) is 0 Å². The Balaban J connectivity index is 2.72. The van der Waals surface area contributed by atoms with Crippen LogP contribution in [-0.2, 0) is 0 Å². The third-order valence-corrected chi connectivity index (χ3v) is 1.55. The van der Waals surface area contributed by atoms with Gasteiger partial charge in [0.2, 0.25) is 0 Å². The van der Waals surface area contributed by atoms with E-state index in [0.717, 1.165) is 18.6 Å². The summed E-state index contributed by atoms with van der Waals surface area (Å²) in [7, 11) is 0. The van der Waals surface area contributed by atoms with Crippen LogP contribution in [-0.4, -0.2) is 23.3 Å². The molecule has 0 saturated carbocycles. The van der Waals surface area contributed by atoms with E-state index < -0.39 is 6.23 Å². The summed E-state index contributed by atoms with van der Waals surface area (Å²) >= 11 is 1.78. The van der Waals surface area contributed by atoms with Gasteiger partial charge in [-0.15, -0.1) is 0 Å². The van der Waals surface area contributed by atoms with Gasteiger partial charge in [0.15, 0.2) is 0 Å². The maximum atomic E-state index is 8.55. The molecule has 0 saturated heterocycles. The zero-order valence-electron chi connectivity index (χ0n) is 5.13. The molecule has 1 atom stereocenters. The first-order valence-electron chi connectivity index (χ1n) is 2.70. The molecule has 0 aromatic rings. The molecule has 1 unspecified atom stereocenters. The molecule has 0 aliphatic heterocycles. The van der Waals surface area contributed by atoms with E-state index in [2.05, 4.69) is 0 Å². The molecule has 0 rings (SSSR count). The Hall–Kier alpha value is 0.270. The van der Waals surface area contributed by atoms with Crippen molar-refractivity contribution in [3.8, 4) is 0 Å². The first kappa shape index (κ1) is 8.27. The van der Waals surface area contributed by atoms with Crippen molar-refractivity contribution in [1.82, 2.24) is 0 Å². The molecule has 0 aliphatic carbocycles. The summed E-state index contributed by atoms with van der Waals surface area (Å²) in [5, 5.41) is 8.55. The molecule has 0 fully saturated rings. The Kier molecular flexibility index (Phi) is 5.59. The van der Waals surface area contributed by atoms with Crippen LogP contribution in [0.15, 0.2) is 0 Å². The molecular formula is C5H13NOS. The fraction of sp³-hybridized carbons (Fsp3) is 1.00. The smallest absolute Gasteiger partial charge is 0.102 e. The second-order valence-corrected chi connectivity index (χ2v) is 2.69. The Morgan fingerprint density at radius 3 is 2.75 bits per heavy atom. The number of aliphatic hydroxyl groups excluding tert-OH is 1. The van der Waals surface area contributed by atoms with Gasteiger partial charge >= 0.3 is 0 Å². The third-order valence-electron chi connectivity index (χ3n) is 0.848. The lowest BCUT2D eigenvalue weighted by Crippen LogP contribution is -2.18. The third kappa shape index (κ3) is 6.27. The standard InChI is InChI=1S/C5H13NOS/c1-8-4-2-3-5(6)7/h5,7H,2-4,6H2,1H3. The SMILES string of the molecule is CSCCCC(N)O. The van der Waals surface area contributed by atoms with Crippen molar-refractivity contribution in [2.24, 2.45) is 5.73 Å². The van der Waals surface area contributed by atoms with Crippen LogP contribution in [0.4, 0.5) is 0 Å². The molecule has 50 valence electrons. The van der Waals surface area contributed by atoms with Crippen molar-refractivity contribution in [2.45, 2.75) is 19.1 Å². The molecule has 0 aromatic heterocycles. The quantitative estimate of drug-likeness (QED) is 0.433. The van der Waals surface area contributed by atoms with Crippen LogP contribution in [0, 0.1) is 0 Å². The fourth-order valence-corrected chi connectivity index (χ4v) is 0.892. The first-order valence-corrected chi connectivity index (χ1v) is 4.09. The summed E-state index contributed by atoms with van der Waals surface area (Å²) in [6.07, 6.45) is 3.17. The molecule has 8 heavy (non-hydrogen) atoms. The molecular weight excluding hydrogens is 122 g/mol. The molecule has 0 bridgehead atoms. The summed E-state index contributed by atoms with van der Waals surface area (Å²) in [6.45, 7) is 0. The summed E-state index contributed by atoms with van der Waals surface area (Å²) in [6, 6.07) is 0. The van der Waals surface area contributed by atoms with Gasteiger partial charge in [0.1, 0.15) is 6.23 Å². The molecule has 0 amide bonds. The molecule has 2 nitrogen and oxygen atoms in total. The van der Waals surface area contributed by atoms with Crippen LogP contribution < -0.4 is 5.73 Å². The first-order chi connectivity index (χ1) is 3.77. The number of hydrogen-bond donors (Lipinski definition) is 2. The maximum absolute atomic E-state index is 8.55. The van der Waals surface area contributed by atoms with Crippen molar-refractivity contribution >= 4 is 11.8 Å². The second kappa shape index (κ2) is 5.41. The van der Waals surface area contributed by atoms with Gasteiger partial charge in [0.25, 0.3) is 0 Å². The minimum atomic E-state index is -0.609. The molecule has 3 heteroatoms. The molecule has 0 aliphatic rings. The van der Waals surface area contributed by atoms with Crippen LogP contribution >= 0.6 is 11.8 Å². The van der Waals surface area contributed by atoms with Gasteiger partial charge in [-0.2, -0.15) is 11.8 Å². The molecule has 0 heterocycles. The summed E-state index contributed by atoms with van der Waals surface area (Å²) in [5.74, 6) is 1.09. The number of aliphatic hydroxyl groups is 1. The van der Waals surface area contributed by atoms with E-state index in [0.29, 0.717) is 0 Å². The lowest BCUT2D eigenvalue weighted by atomic mass is 10.3. The highest BCUT2D eigenvalue weighted by molar-refractivity contribution is 7.98. The van der Waals surface area contributed by atoms with E-state index in [9.17, 15) is 0 Å². The van der Waals surface area contributed by atoms with Crippen molar-refractivity contribution in [2.75, 3.05) is 12.0 Å². The van der Waals surface area contributed by atoms with Crippen molar-refractivity contribution in [3.05, 3.63) is 0 Å². The van der Waals surface area contributed by atoms with Crippen LogP contribution in [0.2, 0.25) is 0 Å². The molecule has 0 radical (unpaired) electrons. The average molecular weight is 135 g/mol. The molecule has 0 aromatic carbocycles. The van der Waals surface area contributed by atoms with Crippen LogP contribution in [0.5, 0.6) is 0 Å². The second-order valence-electron chi connectivity index (χ2n) is 1.70. The summed E-state index contributed by atoms with van der Waals surface area (Å²) in [4.78, 5) is 0. The Morgan fingerprint density at radius 1 is 1.75 bits per heavy atom. The van der Waals surface area contributed by atoms with Gasteiger partial charge < -0.3 is 10.8 Å². The highest BCUT2D eigenvalue weighted by Crippen LogP contribution is 1.99. The van der Waals surface area contributed by atoms with E-state index in [-0.39, 0.29) is 0 Å². The fourth-order valence-electron chi connectivity index (χ4n) is 0.437. The maximum Gasteiger partial charge on any atom is 0.102 e. The highest BCUT2D eigenvalue weighted by atomic mass is 32.2. The van der Waals surface area contributed by atoms with Crippen molar-refractivity contribution < 1.29 is 5.11 Å². The topological polar surface area (TPSA) is 46.2 Å². The van der Waals surface area contributed by atoms with Crippen molar-refractivity contribution in [1.29, 1.82) is 0 Å². The van der Waals surface area contributed by atoms with E-state index in [1.165, 1.54) is 0 Å².